The minimum atomic E-state index is -4.11. The van der Waals surface area contributed by atoms with E-state index in [0.717, 1.165) is 28.8 Å². The molecule has 2 rings (SSSR count). The summed E-state index contributed by atoms with van der Waals surface area (Å²) in [5.41, 5.74) is 0. The summed E-state index contributed by atoms with van der Waals surface area (Å²) in [4.78, 5) is -0.899. The van der Waals surface area contributed by atoms with Gasteiger partial charge in [0.25, 0.3) is 0 Å². The quantitative estimate of drug-likeness (QED) is 0.794. The zero-order valence-corrected chi connectivity index (χ0v) is 13.0. The summed E-state index contributed by atoms with van der Waals surface area (Å²) in [6.07, 6.45) is 1.41. The third kappa shape index (κ3) is 3.25. The predicted octanol–water partition coefficient (Wildman–Crippen LogP) is 0.232. The number of nitrogens with zero attached hydrogens (tertiary/aromatic N) is 1. The number of rotatable bonds is 4. The van der Waals surface area contributed by atoms with Crippen LogP contribution in [0.5, 0.6) is 0 Å². The number of benzene rings is 1. The summed E-state index contributed by atoms with van der Waals surface area (Å²) in [6, 6.07) is 2.71. The van der Waals surface area contributed by atoms with Gasteiger partial charge in [0.2, 0.25) is 10.0 Å². The van der Waals surface area contributed by atoms with Crippen molar-refractivity contribution in [3.63, 3.8) is 0 Å². The first kappa shape index (κ1) is 16.3. The molecule has 0 spiro atoms. The van der Waals surface area contributed by atoms with Crippen LogP contribution in [0.3, 0.4) is 0 Å². The Balaban J connectivity index is 2.45. The smallest absolute Gasteiger partial charge is 0.246 e. The Hall–Kier alpha value is -1.03. The molecule has 1 heterocycles. The number of halogens is 1. The highest BCUT2D eigenvalue weighted by atomic mass is 32.2. The van der Waals surface area contributed by atoms with Crippen molar-refractivity contribution in [2.75, 3.05) is 26.0 Å². The van der Waals surface area contributed by atoms with Gasteiger partial charge in [-0.25, -0.2) is 21.2 Å². The summed E-state index contributed by atoms with van der Waals surface area (Å²) in [7, 11) is -7.74. The second kappa shape index (κ2) is 5.64. The van der Waals surface area contributed by atoms with Crippen LogP contribution in [0.15, 0.2) is 28.0 Å². The normalized spacial score (nSPS) is 20.8. The van der Waals surface area contributed by atoms with Gasteiger partial charge in [0.15, 0.2) is 9.84 Å². The van der Waals surface area contributed by atoms with Gasteiger partial charge in [-0.05, 0) is 30.5 Å². The van der Waals surface area contributed by atoms with Crippen molar-refractivity contribution in [3.8, 4) is 0 Å². The second-order valence-electron chi connectivity index (χ2n) is 5.06. The Labute approximate surface area is 123 Å². The van der Waals surface area contributed by atoms with Gasteiger partial charge in [-0.2, -0.15) is 4.31 Å². The van der Waals surface area contributed by atoms with Gasteiger partial charge in [-0.1, -0.05) is 0 Å². The molecular weight excluding hydrogens is 321 g/mol. The first-order valence-electron chi connectivity index (χ1n) is 6.27. The van der Waals surface area contributed by atoms with E-state index in [2.05, 4.69) is 0 Å². The second-order valence-corrected chi connectivity index (χ2v) is 8.99. The molecule has 118 valence electrons. The van der Waals surface area contributed by atoms with E-state index in [1.165, 1.54) is 0 Å². The Kier molecular flexibility index (Phi) is 4.39. The topological polar surface area (TPSA) is 91.8 Å². The van der Waals surface area contributed by atoms with Crippen LogP contribution in [0.1, 0.15) is 6.42 Å². The van der Waals surface area contributed by atoms with Gasteiger partial charge in [0, 0.05) is 26.0 Å². The third-order valence-corrected chi connectivity index (χ3v) is 6.45. The Bertz CT molecular complexity index is 745. The number of aliphatic hydroxyl groups is 1. The number of sulfonamides is 1. The van der Waals surface area contributed by atoms with Crippen LogP contribution < -0.4 is 0 Å². The van der Waals surface area contributed by atoms with Gasteiger partial charge >= 0.3 is 0 Å². The summed E-state index contributed by atoms with van der Waals surface area (Å²) in [5, 5.41) is 9.05. The monoisotopic (exact) mass is 337 g/mol. The van der Waals surface area contributed by atoms with Crippen molar-refractivity contribution in [1.29, 1.82) is 0 Å². The molecule has 0 radical (unpaired) electrons. The molecule has 1 aromatic carbocycles. The lowest BCUT2D eigenvalue weighted by atomic mass is 10.1. The van der Waals surface area contributed by atoms with E-state index < -0.39 is 30.6 Å². The van der Waals surface area contributed by atoms with E-state index in [0.29, 0.717) is 6.42 Å². The minimum absolute atomic E-state index is 0.0986. The average Bonchev–Trinajstić information content (AvgIpc) is 2.87. The van der Waals surface area contributed by atoms with Crippen LogP contribution in [0, 0.1) is 11.7 Å². The molecule has 1 atom stereocenters. The lowest BCUT2D eigenvalue weighted by molar-refractivity contribution is 0.233. The summed E-state index contributed by atoms with van der Waals surface area (Å²) < 4.78 is 62.7. The van der Waals surface area contributed by atoms with Gasteiger partial charge in [-0.3, -0.25) is 0 Å². The van der Waals surface area contributed by atoms with Gasteiger partial charge in [0.05, 0.1) is 4.90 Å². The molecule has 1 fully saturated rings. The van der Waals surface area contributed by atoms with E-state index in [1.807, 2.05) is 0 Å². The number of hydrogen-bond acceptors (Lipinski definition) is 5. The Morgan fingerprint density at radius 1 is 1.33 bits per heavy atom. The fourth-order valence-corrected chi connectivity index (χ4v) is 4.56. The van der Waals surface area contributed by atoms with Crippen LogP contribution in [0.4, 0.5) is 4.39 Å². The first-order valence-corrected chi connectivity index (χ1v) is 9.60. The molecule has 1 N–H and O–H groups in total. The van der Waals surface area contributed by atoms with E-state index >= 15 is 0 Å². The lowest BCUT2D eigenvalue weighted by Gasteiger charge is -2.17. The largest absolute Gasteiger partial charge is 0.396 e. The van der Waals surface area contributed by atoms with Crippen LogP contribution in [0.2, 0.25) is 0 Å². The average molecular weight is 337 g/mol. The highest BCUT2D eigenvalue weighted by Crippen LogP contribution is 2.27. The molecule has 1 saturated heterocycles. The van der Waals surface area contributed by atoms with Crippen molar-refractivity contribution in [2.24, 2.45) is 5.92 Å². The molecule has 0 aliphatic carbocycles. The summed E-state index contributed by atoms with van der Waals surface area (Å²) in [6.45, 7) is 0.134. The Morgan fingerprint density at radius 2 is 2.00 bits per heavy atom. The maximum atomic E-state index is 13.8. The van der Waals surface area contributed by atoms with E-state index in [9.17, 15) is 21.2 Å². The zero-order chi connectivity index (χ0) is 15.8. The standard InChI is InChI=1S/C12H16FNO5S2/c1-20(16,17)10-2-3-11(13)12(6-10)21(18,19)14-5-4-9(7-14)8-15/h2-3,6,9,15H,4-5,7-8H2,1H3. The predicted molar refractivity (Wildman–Crippen MR) is 73.5 cm³/mol. The fourth-order valence-electron chi connectivity index (χ4n) is 2.22. The van der Waals surface area contributed by atoms with Gasteiger partial charge < -0.3 is 5.11 Å². The SMILES string of the molecule is CS(=O)(=O)c1ccc(F)c(S(=O)(=O)N2CCC(CO)C2)c1. The van der Waals surface area contributed by atoms with Crippen molar-refractivity contribution >= 4 is 19.9 Å². The molecule has 6 nitrogen and oxygen atoms in total. The molecule has 1 aliphatic rings. The van der Waals surface area contributed by atoms with Crippen molar-refractivity contribution in [3.05, 3.63) is 24.0 Å². The maximum absolute atomic E-state index is 13.8. The summed E-state index contributed by atoms with van der Waals surface area (Å²) in [5.74, 6) is -1.17. The maximum Gasteiger partial charge on any atom is 0.246 e. The van der Waals surface area contributed by atoms with E-state index in [1.54, 1.807) is 0 Å². The molecular formula is C12H16FNO5S2. The van der Waals surface area contributed by atoms with Crippen LogP contribution in [0.25, 0.3) is 0 Å². The molecule has 1 aliphatic heterocycles. The minimum Gasteiger partial charge on any atom is -0.396 e. The van der Waals surface area contributed by atoms with E-state index in [4.69, 9.17) is 5.11 Å². The Morgan fingerprint density at radius 3 is 2.52 bits per heavy atom. The lowest BCUT2D eigenvalue weighted by Crippen LogP contribution is -2.30. The molecule has 1 unspecified atom stereocenters. The first-order chi connectivity index (χ1) is 9.66. The molecule has 0 saturated carbocycles. The number of hydrogen-bond donors (Lipinski definition) is 1. The van der Waals surface area contributed by atoms with Crippen LogP contribution in [-0.4, -0.2) is 52.2 Å². The number of sulfone groups is 1. The molecule has 0 bridgehead atoms. The van der Waals surface area contributed by atoms with Crippen molar-refractivity contribution in [1.82, 2.24) is 4.31 Å². The van der Waals surface area contributed by atoms with Crippen LogP contribution in [-0.2, 0) is 19.9 Å². The highest BCUT2D eigenvalue weighted by Gasteiger charge is 2.34. The van der Waals surface area contributed by atoms with E-state index in [-0.39, 0.29) is 30.5 Å². The van der Waals surface area contributed by atoms with Crippen molar-refractivity contribution in [2.45, 2.75) is 16.2 Å². The van der Waals surface area contributed by atoms with Gasteiger partial charge in [0.1, 0.15) is 10.7 Å². The zero-order valence-electron chi connectivity index (χ0n) is 11.4. The van der Waals surface area contributed by atoms with Crippen molar-refractivity contribution < 1.29 is 26.3 Å². The molecule has 21 heavy (non-hydrogen) atoms. The fraction of sp³-hybridized carbons (Fsp3) is 0.500. The number of aliphatic hydroxyl groups excluding tert-OH is 1. The molecule has 0 amide bonds. The summed E-state index contributed by atoms with van der Waals surface area (Å²) >= 11 is 0. The molecule has 9 heteroatoms. The molecule has 0 aromatic heterocycles. The van der Waals surface area contributed by atoms with Crippen LogP contribution >= 0.6 is 0 Å². The third-order valence-electron chi connectivity index (χ3n) is 3.46. The highest BCUT2D eigenvalue weighted by molar-refractivity contribution is 7.91. The van der Waals surface area contributed by atoms with Gasteiger partial charge in [-0.15, -0.1) is 0 Å². The molecule has 1 aromatic rings.